The largest absolute Gasteiger partial charge is 0.466 e. The van der Waals surface area contributed by atoms with Crippen molar-refractivity contribution >= 4 is 27.5 Å². The van der Waals surface area contributed by atoms with Gasteiger partial charge in [0.1, 0.15) is 17.3 Å². The van der Waals surface area contributed by atoms with Crippen LogP contribution in [-0.4, -0.2) is 35.6 Å². The number of nitrogens with zero attached hydrogens (tertiary/aromatic N) is 1. The van der Waals surface area contributed by atoms with Crippen LogP contribution >= 0.6 is 11.3 Å². The highest BCUT2D eigenvalue weighted by Crippen LogP contribution is 2.30. The highest BCUT2D eigenvalue weighted by atomic mass is 32.1. The van der Waals surface area contributed by atoms with Crippen LogP contribution in [0.4, 0.5) is 0 Å². The lowest BCUT2D eigenvalue weighted by atomic mass is 9.98. The summed E-state index contributed by atoms with van der Waals surface area (Å²) in [5, 5.41) is 0.630. The van der Waals surface area contributed by atoms with Crippen molar-refractivity contribution in [2.45, 2.75) is 26.3 Å². The number of fused-ring (bicyclic) bond motifs is 1. The fraction of sp³-hybridized carbons (Fsp3) is 0.381. The number of aromatic amines is 1. The molecular formula is C21H24N3O3S+. The van der Waals surface area contributed by atoms with Crippen molar-refractivity contribution in [1.82, 2.24) is 9.97 Å². The standard InChI is InChI=1S/C21H23N3O3S/c1-2-27-21(26)15-9-6-10-24(12-15)13-18-22-19(25)16-11-17(28-20(16)23-18)14-7-4-3-5-8-14/h3-5,7-8,11,15H,2,6,9-10,12-13H2,1H3,(H,22,23,25)/p+1/t15-/m1/s1. The van der Waals surface area contributed by atoms with Gasteiger partial charge in [0.05, 0.1) is 25.1 Å². The van der Waals surface area contributed by atoms with Crippen LogP contribution in [0.1, 0.15) is 25.6 Å². The maximum Gasteiger partial charge on any atom is 0.314 e. The van der Waals surface area contributed by atoms with Gasteiger partial charge in [0.25, 0.3) is 5.56 Å². The van der Waals surface area contributed by atoms with Gasteiger partial charge in [-0.3, -0.25) is 9.59 Å². The number of rotatable bonds is 5. The number of hydrogen-bond acceptors (Lipinski definition) is 5. The Morgan fingerprint density at radius 2 is 2.18 bits per heavy atom. The summed E-state index contributed by atoms with van der Waals surface area (Å²) >= 11 is 1.54. The minimum atomic E-state index is -0.109. The number of carbonyl (C=O) groups excluding carboxylic acids is 1. The van der Waals surface area contributed by atoms with E-state index in [4.69, 9.17) is 9.72 Å². The number of aromatic nitrogens is 2. The van der Waals surface area contributed by atoms with Crippen molar-refractivity contribution in [2.75, 3.05) is 19.7 Å². The third kappa shape index (κ3) is 4.00. The molecule has 0 amide bonds. The zero-order chi connectivity index (χ0) is 19.5. The van der Waals surface area contributed by atoms with Crippen molar-refractivity contribution in [2.24, 2.45) is 5.92 Å². The van der Waals surface area contributed by atoms with Crippen LogP contribution in [0.3, 0.4) is 0 Å². The van der Waals surface area contributed by atoms with E-state index in [9.17, 15) is 9.59 Å². The monoisotopic (exact) mass is 398 g/mol. The average molecular weight is 399 g/mol. The Hall–Kier alpha value is -2.51. The topological polar surface area (TPSA) is 76.5 Å². The first kappa shape index (κ1) is 18.8. The summed E-state index contributed by atoms with van der Waals surface area (Å²) in [6.07, 6.45) is 1.85. The van der Waals surface area contributed by atoms with Gasteiger partial charge in [0, 0.05) is 4.88 Å². The second-order valence-corrected chi connectivity index (χ2v) is 8.21. The molecule has 146 valence electrons. The fourth-order valence-corrected chi connectivity index (χ4v) is 4.87. The van der Waals surface area contributed by atoms with Crippen molar-refractivity contribution < 1.29 is 14.4 Å². The minimum Gasteiger partial charge on any atom is -0.466 e. The number of esters is 1. The first-order valence-corrected chi connectivity index (χ1v) is 10.5. The Kier molecular flexibility index (Phi) is 5.54. The molecule has 0 aliphatic carbocycles. The Balaban J connectivity index is 1.54. The van der Waals surface area contributed by atoms with Crippen LogP contribution in [0.2, 0.25) is 0 Å². The van der Waals surface area contributed by atoms with Gasteiger partial charge in [-0.15, -0.1) is 11.3 Å². The van der Waals surface area contributed by atoms with Crippen LogP contribution in [0.15, 0.2) is 41.2 Å². The molecule has 1 unspecified atom stereocenters. The van der Waals surface area contributed by atoms with Gasteiger partial charge in [0.15, 0.2) is 5.82 Å². The van der Waals surface area contributed by atoms with E-state index in [2.05, 4.69) is 4.98 Å². The van der Waals surface area contributed by atoms with E-state index in [1.807, 2.05) is 43.3 Å². The first-order valence-electron chi connectivity index (χ1n) is 9.72. The highest BCUT2D eigenvalue weighted by Gasteiger charge is 2.30. The number of H-pyrrole nitrogens is 1. The zero-order valence-corrected chi connectivity index (χ0v) is 16.7. The molecule has 1 saturated heterocycles. The quantitative estimate of drug-likeness (QED) is 0.645. The van der Waals surface area contributed by atoms with E-state index in [0.29, 0.717) is 24.4 Å². The maximum atomic E-state index is 12.6. The first-order chi connectivity index (χ1) is 13.6. The number of benzene rings is 1. The number of quaternary nitrogens is 1. The van der Waals surface area contributed by atoms with Gasteiger partial charge in [-0.25, -0.2) is 4.98 Å². The van der Waals surface area contributed by atoms with E-state index in [-0.39, 0.29) is 17.4 Å². The normalized spacial score (nSPS) is 19.6. The van der Waals surface area contributed by atoms with Crippen molar-refractivity contribution in [3.63, 3.8) is 0 Å². The van der Waals surface area contributed by atoms with Crippen molar-refractivity contribution in [1.29, 1.82) is 0 Å². The Labute approximate surface area is 167 Å². The van der Waals surface area contributed by atoms with Gasteiger partial charge < -0.3 is 14.6 Å². The smallest absolute Gasteiger partial charge is 0.314 e. The van der Waals surface area contributed by atoms with Gasteiger partial charge in [-0.1, -0.05) is 30.3 Å². The molecule has 1 aliphatic rings. The molecule has 3 heterocycles. The van der Waals surface area contributed by atoms with E-state index in [1.54, 1.807) is 0 Å². The SMILES string of the molecule is CCOC(=O)[C@@H]1CCC[NH+](Cc2nc3sc(-c4ccccc4)cc3c(=O)[nH]2)C1. The molecule has 1 fully saturated rings. The molecule has 2 atom stereocenters. The van der Waals surface area contributed by atoms with E-state index in [1.165, 1.54) is 16.2 Å². The number of piperidine rings is 1. The maximum absolute atomic E-state index is 12.6. The third-order valence-electron chi connectivity index (χ3n) is 5.17. The van der Waals surface area contributed by atoms with Gasteiger partial charge in [0.2, 0.25) is 0 Å². The molecule has 2 aromatic heterocycles. The van der Waals surface area contributed by atoms with Crippen LogP contribution in [0.25, 0.3) is 20.7 Å². The summed E-state index contributed by atoms with van der Waals surface area (Å²) in [5.41, 5.74) is 0.988. The van der Waals surface area contributed by atoms with Gasteiger partial charge >= 0.3 is 5.97 Å². The predicted molar refractivity (Wildman–Crippen MR) is 109 cm³/mol. The van der Waals surface area contributed by atoms with Gasteiger partial charge in [-0.2, -0.15) is 0 Å². The molecule has 2 N–H and O–H groups in total. The molecule has 7 heteroatoms. The average Bonchev–Trinajstić information content (AvgIpc) is 3.14. The molecule has 1 aliphatic heterocycles. The second-order valence-electron chi connectivity index (χ2n) is 7.18. The lowest BCUT2D eigenvalue weighted by Gasteiger charge is -2.28. The Morgan fingerprint density at radius 1 is 1.36 bits per heavy atom. The molecule has 0 spiro atoms. The van der Waals surface area contributed by atoms with E-state index < -0.39 is 0 Å². The van der Waals surface area contributed by atoms with Crippen molar-refractivity contribution in [3.05, 3.63) is 52.6 Å². The summed E-state index contributed by atoms with van der Waals surface area (Å²) in [5.74, 6) is 0.506. The number of likely N-dealkylation sites (tertiary alicyclic amines) is 1. The number of hydrogen-bond donors (Lipinski definition) is 2. The zero-order valence-electron chi connectivity index (χ0n) is 15.9. The van der Waals surface area contributed by atoms with Gasteiger partial charge in [-0.05, 0) is 31.4 Å². The lowest BCUT2D eigenvalue weighted by Crippen LogP contribution is -3.12. The summed E-state index contributed by atoms with van der Waals surface area (Å²) in [6.45, 7) is 4.55. The number of nitrogens with one attached hydrogen (secondary N) is 2. The molecule has 4 rings (SSSR count). The molecule has 0 saturated carbocycles. The molecule has 3 aromatic rings. The Morgan fingerprint density at radius 3 is 2.96 bits per heavy atom. The summed E-state index contributed by atoms with van der Waals surface area (Å²) in [6, 6.07) is 11.9. The van der Waals surface area contributed by atoms with Crippen LogP contribution in [-0.2, 0) is 16.1 Å². The van der Waals surface area contributed by atoms with Crippen molar-refractivity contribution in [3.8, 4) is 10.4 Å². The minimum absolute atomic E-state index is 0.0643. The fourth-order valence-electron chi connectivity index (χ4n) is 3.81. The van der Waals surface area contributed by atoms with Crippen LogP contribution < -0.4 is 10.5 Å². The molecule has 6 nitrogen and oxygen atoms in total. The second kappa shape index (κ2) is 8.24. The summed E-state index contributed by atoms with van der Waals surface area (Å²) in [4.78, 5) is 35.3. The Bertz CT molecular complexity index is 1030. The van der Waals surface area contributed by atoms with Crippen LogP contribution in [0, 0.1) is 5.92 Å². The predicted octanol–water partition coefficient (Wildman–Crippen LogP) is 2.01. The summed E-state index contributed by atoms with van der Waals surface area (Å²) < 4.78 is 5.18. The van der Waals surface area contributed by atoms with Crippen LogP contribution in [0.5, 0.6) is 0 Å². The van der Waals surface area contributed by atoms with E-state index in [0.717, 1.165) is 41.2 Å². The molecule has 28 heavy (non-hydrogen) atoms. The number of carbonyl (C=O) groups is 1. The molecule has 0 bridgehead atoms. The highest BCUT2D eigenvalue weighted by molar-refractivity contribution is 7.21. The molecular weight excluding hydrogens is 374 g/mol. The third-order valence-corrected chi connectivity index (χ3v) is 6.24. The lowest BCUT2D eigenvalue weighted by molar-refractivity contribution is -0.921. The van der Waals surface area contributed by atoms with E-state index >= 15 is 0 Å². The molecule has 0 radical (unpaired) electrons. The summed E-state index contributed by atoms with van der Waals surface area (Å²) in [7, 11) is 0. The number of ether oxygens (including phenoxy) is 1. The number of thiophene rings is 1. The molecule has 1 aromatic carbocycles.